The molecule has 29 heavy (non-hydrogen) atoms. The predicted molar refractivity (Wildman–Crippen MR) is 113 cm³/mol. The second-order valence-electron chi connectivity index (χ2n) is 8.43. The van der Waals surface area contributed by atoms with Crippen LogP contribution in [0.2, 0.25) is 0 Å². The molecule has 0 atom stereocenters. The molecule has 0 aromatic heterocycles. The highest BCUT2D eigenvalue weighted by molar-refractivity contribution is 7.90. The Morgan fingerprint density at radius 1 is 0.897 bits per heavy atom. The molecule has 0 bridgehead atoms. The first kappa shape index (κ1) is 20.0. The number of benzene rings is 2. The van der Waals surface area contributed by atoms with Gasteiger partial charge in [-0.05, 0) is 79.7 Å². The van der Waals surface area contributed by atoms with E-state index >= 15 is 0 Å². The number of hydrogen-bond donors (Lipinski definition) is 2. The second kappa shape index (κ2) is 7.82. The van der Waals surface area contributed by atoms with E-state index in [0.29, 0.717) is 11.6 Å². The molecule has 6 heteroatoms. The van der Waals surface area contributed by atoms with Gasteiger partial charge in [-0.3, -0.25) is 4.79 Å². The quantitative estimate of drug-likeness (QED) is 0.703. The van der Waals surface area contributed by atoms with Crippen LogP contribution in [0, 0.1) is 5.92 Å². The van der Waals surface area contributed by atoms with Crippen LogP contribution < -0.4 is 5.32 Å². The number of hydrogen-bond acceptors (Lipinski definition) is 4. The maximum Gasteiger partial charge on any atom is 0.227 e. The lowest BCUT2D eigenvalue weighted by Crippen LogP contribution is -2.26. The Labute approximate surface area is 172 Å². The number of phenols is 1. The van der Waals surface area contributed by atoms with E-state index in [1.807, 2.05) is 0 Å². The van der Waals surface area contributed by atoms with Crippen LogP contribution in [0.25, 0.3) is 0 Å². The van der Waals surface area contributed by atoms with Crippen LogP contribution in [0.3, 0.4) is 0 Å². The highest BCUT2D eigenvalue weighted by atomic mass is 32.2. The number of carbonyl (C=O) groups excluding carboxylic acids is 1. The Kier molecular flexibility index (Phi) is 5.38. The van der Waals surface area contributed by atoms with Crippen LogP contribution >= 0.6 is 0 Å². The number of sulfone groups is 1. The molecule has 0 radical (unpaired) electrons. The molecule has 2 saturated carbocycles. The van der Waals surface area contributed by atoms with Crippen molar-refractivity contribution in [3.05, 3.63) is 53.6 Å². The van der Waals surface area contributed by atoms with Crippen molar-refractivity contribution in [3.8, 4) is 5.75 Å². The van der Waals surface area contributed by atoms with Crippen LogP contribution in [0.5, 0.6) is 5.75 Å². The van der Waals surface area contributed by atoms with E-state index in [2.05, 4.69) is 29.6 Å². The molecule has 2 aromatic rings. The Balaban J connectivity index is 1.35. The van der Waals surface area contributed by atoms with Crippen molar-refractivity contribution in [2.75, 3.05) is 11.6 Å². The normalized spacial score (nSPS) is 22.2. The topological polar surface area (TPSA) is 83.5 Å². The third-order valence-electron chi connectivity index (χ3n) is 6.18. The number of phenolic OH excluding ortho intramolecular Hbond substituents is 1. The van der Waals surface area contributed by atoms with Crippen LogP contribution in [0.4, 0.5) is 5.69 Å². The Bertz CT molecular complexity index is 1000. The highest BCUT2D eigenvalue weighted by Gasteiger charge is 2.28. The van der Waals surface area contributed by atoms with E-state index in [0.717, 1.165) is 37.9 Å². The monoisotopic (exact) mass is 413 g/mol. The summed E-state index contributed by atoms with van der Waals surface area (Å²) < 4.78 is 23.5. The van der Waals surface area contributed by atoms with E-state index in [4.69, 9.17) is 0 Å². The largest absolute Gasteiger partial charge is 0.507 e. The third kappa shape index (κ3) is 4.64. The summed E-state index contributed by atoms with van der Waals surface area (Å²) in [4.78, 5) is 12.5. The first-order valence-corrected chi connectivity index (χ1v) is 12.1. The fraction of sp³-hybridized carbons (Fsp3) is 0.435. The summed E-state index contributed by atoms with van der Waals surface area (Å²) in [7, 11) is -3.56. The lowest BCUT2D eigenvalue weighted by molar-refractivity contribution is -0.120. The Morgan fingerprint density at radius 2 is 1.41 bits per heavy atom. The molecule has 2 fully saturated rings. The smallest absolute Gasteiger partial charge is 0.227 e. The van der Waals surface area contributed by atoms with E-state index in [9.17, 15) is 18.3 Å². The summed E-state index contributed by atoms with van der Waals surface area (Å²) in [5.41, 5.74) is 3.21. The fourth-order valence-electron chi connectivity index (χ4n) is 4.28. The molecule has 0 unspecified atom stereocenters. The number of rotatable bonds is 5. The summed E-state index contributed by atoms with van der Waals surface area (Å²) in [5.74, 6) is 0.799. The fourth-order valence-corrected chi connectivity index (χ4v) is 5.07. The van der Waals surface area contributed by atoms with E-state index in [1.54, 1.807) is 0 Å². The van der Waals surface area contributed by atoms with Crippen molar-refractivity contribution < 1.29 is 18.3 Å². The molecule has 4 rings (SSSR count). The molecule has 2 N–H and O–H groups in total. The van der Waals surface area contributed by atoms with Gasteiger partial charge in [-0.15, -0.1) is 0 Å². The van der Waals surface area contributed by atoms with Crippen molar-refractivity contribution in [1.29, 1.82) is 0 Å². The van der Waals surface area contributed by atoms with Gasteiger partial charge in [0.25, 0.3) is 0 Å². The van der Waals surface area contributed by atoms with Crippen molar-refractivity contribution in [3.63, 3.8) is 0 Å². The van der Waals surface area contributed by atoms with Gasteiger partial charge < -0.3 is 10.4 Å². The van der Waals surface area contributed by atoms with Gasteiger partial charge >= 0.3 is 0 Å². The average molecular weight is 414 g/mol. The molecule has 2 aliphatic rings. The summed E-state index contributed by atoms with van der Waals surface area (Å²) in [5, 5.41) is 12.6. The van der Waals surface area contributed by atoms with Crippen LogP contribution in [0.15, 0.2) is 47.4 Å². The number of aromatic hydroxyl groups is 1. The van der Waals surface area contributed by atoms with Crippen molar-refractivity contribution in [2.45, 2.75) is 55.3 Å². The third-order valence-corrected chi connectivity index (χ3v) is 7.31. The lowest BCUT2D eigenvalue weighted by atomic mass is 9.78. The summed E-state index contributed by atoms with van der Waals surface area (Å²) in [6.07, 6.45) is 7.25. The van der Waals surface area contributed by atoms with Crippen LogP contribution in [-0.4, -0.2) is 25.7 Å². The van der Waals surface area contributed by atoms with E-state index in [-0.39, 0.29) is 22.5 Å². The number of carbonyl (C=O) groups is 1. The Morgan fingerprint density at radius 3 is 1.90 bits per heavy atom. The lowest BCUT2D eigenvalue weighted by Gasteiger charge is -2.28. The minimum absolute atomic E-state index is 0.0764. The number of amides is 1. The molecule has 2 aromatic carbocycles. The highest BCUT2D eigenvalue weighted by Crippen LogP contribution is 2.41. The van der Waals surface area contributed by atoms with Gasteiger partial charge in [0.2, 0.25) is 5.91 Å². The molecule has 0 saturated heterocycles. The minimum Gasteiger partial charge on any atom is -0.507 e. The predicted octanol–water partition coefficient (Wildman–Crippen LogP) is 4.59. The van der Waals surface area contributed by atoms with Gasteiger partial charge in [-0.2, -0.15) is 0 Å². The van der Waals surface area contributed by atoms with Crippen LogP contribution in [0.1, 0.15) is 61.5 Å². The zero-order valence-corrected chi connectivity index (χ0v) is 17.4. The van der Waals surface area contributed by atoms with Gasteiger partial charge in [0, 0.05) is 17.9 Å². The first-order valence-electron chi connectivity index (χ1n) is 10.2. The first-order chi connectivity index (χ1) is 13.8. The van der Waals surface area contributed by atoms with E-state index < -0.39 is 9.84 Å². The van der Waals surface area contributed by atoms with Crippen molar-refractivity contribution >= 4 is 21.4 Å². The Hall–Kier alpha value is -2.34. The molecule has 0 heterocycles. The van der Waals surface area contributed by atoms with Gasteiger partial charge in [-0.25, -0.2) is 8.42 Å². The molecule has 1 amide bonds. The summed E-state index contributed by atoms with van der Waals surface area (Å²) in [6.45, 7) is 0. The molecule has 0 spiro atoms. The zero-order valence-electron chi connectivity index (χ0n) is 16.6. The average Bonchev–Trinajstić information content (AvgIpc) is 3.54. The second-order valence-corrected chi connectivity index (χ2v) is 10.4. The van der Waals surface area contributed by atoms with Gasteiger partial charge in [0.05, 0.1) is 0 Å². The molecule has 0 aliphatic heterocycles. The zero-order chi connectivity index (χ0) is 20.6. The van der Waals surface area contributed by atoms with Crippen molar-refractivity contribution in [1.82, 2.24) is 0 Å². The maximum absolute atomic E-state index is 12.7. The number of nitrogens with one attached hydrogen (secondary N) is 1. The van der Waals surface area contributed by atoms with Crippen molar-refractivity contribution in [2.24, 2.45) is 5.92 Å². The van der Waals surface area contributed by atoms with Gasteiger partial charge in [0.1, 0.15) is 10.6 Å². The molecule has 5 nitrogen and oxygen atoms in total. The number of anilines is 1. The molecule has 154 valence electrons. The summed E-state index contributed by atoms with van der Waals surface area (Å²) >= 11 is 0. The van der Waals surface area contributed by atoms with Crippen LogP contribution in [-0.2, 0) is 14.6 Å². The SMILES string of the molecule is CS(=O)(=O)c1cc(NC(=O)C2CCC(c3ccc(C4CC4)cc3)CC2)ccc1O. The molecular formula is C23H27NO4S. The molecular weight excluding hydrogens is 386 g/mol. The molecule has 2 aliphatic carbocycles. The maximum atomic E-state index is 12.7. The van der Waals surface area contributed by atoms with Gasteiger partial charge in [0.15, 0.2) is 9.84 Å². The van der Waals surface area contributed by atoms with E-state index in [1.165, 1.54) is 42.2 Å². The minimum atomic E-state index is -3.56. The summed E-state index contributed by atoms with van der Waals surface area (Å²) in [6, 6.07) is 13.2. The van der Waals surface area contributed by atoms with Gasteiger partial charge in [-0.1, -0.05) is 24.3 Å². The standard InChI is InChI=1S/C23H27NO4S/c1-29(27,28)22-14-20(12-13-21(22)25)24-23(26)19-10-8-18(9-11-19)17-6-4-16(5-7-17)15-2-3-15/h4-7,12-15,18-19,25H,2-3,8-11H2,1H3,(H,24,26).